The molecule has 0 saturated carbocycles. The number of hydrogen-bond acceptors (Lipinski definition) is 6. The van der Waals surface area contributed by atoms with E-state index in [9.17, 15) is 9.59 Å². The first-order valence-electron chi connectivity index (χ1n) is 8.52. The molecule has 0 N–H and O–H groups in total. The number of nitrogens with zero attached hydrogens (tertiary/aromatic N) is 2. The number of rotatable bonds is 3. The van der Waals surface area contributed by atoms with E-state index in [1.165, 1.54) is 12.8 Å². The maximum absolute atomic E-state index is 11.9. The van der Waals surface area contributed by atoms with Gasteiger partial charge in [-0.25, -0.2) is 0 Å². The zero-order valence-electron chi connectivity index (χ0n) is 14.5. The van der Waals surface area contributed by atoms with Crippen LogP contribution in [0.15, 0.2) is 18.2 Å². The van der Waals surface area contributed by atoms with Crippen molar-refractivity contribution in [2.75, 3.05) is 26.7 Å². The lowest BCUT2D eigenvalue weighted by atomic mass is 9.78. The molecule has 8 heteroatoms. The minimum absolute atomic E-state index is 0.0359. The molecule has 1 atom stereocenters. The monoisotopic (exact) mass is 364 g/mol. The predicted octanol–water partition coefficient (Wildman–Crippen LogP) is 1.05. The van der Waals surface area contributed by atoms with Crippen LogP contribution >= 0.6 is 11.6 Å². The lowest BCUT2D eigenvalue weighted by molar-refractivity contribution is -0.145. The Kier molecular flexibility index (Phi) is 5.66. The Bertz CT molecular complexity index is 652. The van der Waals surface area contributed by atoms with Crippen LogP contribution in [0.25, 0.3) is 0 Å². The van der Waals surface area contributed by atoms with Gasteiger partial charge in [-0.1, -0.05) is 23.7 Å². The summed E-state index contributed by atoms with van der Waals surface area (Å²) in [6, 6.07) is 6.14. The molecule has 2 fully saturated rings. The van der Waals surface area contributed by atoms with Crippen molar-refractivity contribution in [1.82, 2.24) is 9.80 Å². The first-order chi connectivity index (χ1) is 11.9. The summed E-state index contributed by atoms with van der Waals surface area (Å²) in [5.41, 5.74) is 1.58. The summed E-state index contributed by atoms with van der Waals surface area (Å²) in [6.07, 6.45) is 2.43. The molecule has 0 radical (unpaired) electrons. The lowest BCUT2D eigenvalue weighted by Gasteiger charge is -2.24. The third kappa shape index (κ3) is 4.54. The van der Waals surface area contributed by atoms with Crippen LogP contribution in [0.2, 0.25) is 5.02 Å². The molecule has 0 bridgehead atoms. The van der Waals surface area contributed by atoms with Crippen LogP contribution < -0.4 is 5.46 Å². The van der Waals surface area contributed by atoms with Crippen LogP contribution in [-0.4, -0.2) is 61.6 Å². The molecule has 25 heavy (non-hydrogen) atoms. The average molecular weight is 365 g/mol. The summed E-state index contributed by atoms with van der Waals surface area (Å²) < 4.78 is 10.5. The van der Waals surface area contributed by atoms with Gasteiger partial charge in [0.05, 0.1) is 13.1 Å². The van der Waals surface area contributed by atoms with E-state index in [4.69, 9.17) is 20.9 Å². The number of likely N-dealkylation sites (N-methyl/N-ethyl adjacent to an activating group) is 1. The van der Waals surface area contributed by atoms with Crippen molar-refractivity contribution >= 4 is 36.1 Å². The van der Waals surface area contributed by atoms with Gasteiger partial charge in [-0.3, -0.25) is 19.4 Å². The summed E-state index contributed by atoms with van der Waals surface area (Å²) in [4.78, 5) is 27.7. The van der Waals surface area contributed by atoms with Gasteiger partial charge in [-0.15, -0.1) is 0 Å². The molecule has 0 amide bonds. The van der Waals surface area contributed by atoms with Crippen LogP contribution in [-0.2, 0) is 25.4 Å². The van der Waals surface area contributed by atoms with E-state index < -0.39 is 19.1 Å². The third-order valence-corrected chi connectivity index (χ3v) is 5.00. The van der Waals surface area contributed by atoms with Gasteiger partial charge in [0.2, 0.25) is 0 Å². The number of hydrogen-bond donors (Lipinski definition) is 0. The minimum atomic E-state index is -1.10. The minimum Gasteiger partial charge on any atom is -0.494 e. The Hall–Kier alpha value is -1.57. The van der Waals surface area contributed by atoms with Gasteiger partial charge in [-0.05, 0) is 45.0 Å². The first-order valence-corrected chi connectivity index (χ1v) is 8.90. The zero-order chi connectivity index (χ0) is 18.0. The molecule has 1 aromatic carbocycles. The molecule has 1 unspecified atom stereocenters. The number of benzene rings is 1. The van der Waals surface area contributed by atoms with E-state index in [-0.39, 0.29) is 13.1 Å². The van der Waals surface area contributed by atoms with E-state index in [1.54, 1.807) is 18.0 Å². The van der Waals surface area contributed by atoms with Gasteiger partial charge >= 0.3 is 19.1 Å². The Balaban J connectivity index is 1.75. The number of carbonyl (C=O) groups excluding carboxylic acids is 2. The number of likely N-dealkylation sites (tertiary alicyclic amines) is 1. The van der Waals surface area contributed by atoms with E-state index in [0.717, 1.165) is 18.7 Å². The van der Waals surface area contributed by atoms with Gasteiger partial charge < -0.3 is 9.31 Å². The quantitative estimate of drug-likeness (QED) is 0.747. The van der Waals surface area contributed by atoms with Gasteiger partial charge in [0.1, 0.15) is 0 Å². The van der Waals surface area contributed by atoms with Crippen LogP contribution in [0, 0.1) is 0 Å². The van der Waals surface area contributed by atoms with E-state index >= 15 is 0 Å². The fourth-order valence-corrected chi connectivity index (χ4v) is 3.58. The highest BCUT2D eigenvalue weighted by molar-refractivity contribution is 6.67. The van der Waals surface area contributed by atoms with Crippen molar-refractivity contribution in [2.24, 2.45) is 0 Å². The summed E-state index contributed by atoms with van der Waals surface area (Å²) in [7, 11) is 0.560. The SMILES string of the molecule is CC1CCCN1Cc1ccc(B2OC(=O)CN(C)CC(=O)O2)c(Cl)c1. The third-order valence-electron chi connectivity index (χ3n) is 4.67. The van der Waals surface area contributed by atoms with Gasteiger partial charge in [0.25, 0.3) is 0 Å². The molecule has 0 spiro atoms. The molecule has 0 aromatic heterocycles. The molecular weight excluding hydrogens is 342 g/mol. The molecule has 0 aliphatic carbocycles. The lowest BCUT2D eigenvalue weighted by Crippen LogP contribution is -2.48. The Morgan fingerprint density at radius 3 is 2.48 bits per heavy atom. The second kappa shape index (κ2) is 7.76. The smallest absolute Gasteiger partial charge is 0.494 e. The molecule has 3 rings (SSSR count). The largest absolute Gasteiger partial charge is 0.638 e. The Labute approximate surface area is 153 Å². The van der Waals surface area contributed by atoms with Gasteiger partial charge in [0.15, 0.2) is 0 Å². The Morgan fingerprint density at radius 2 is 1.92 bits per heavy atom. The topological polar surface area (TPSA) is 59.1 Å². The average Bonchev–Trinajstić information content (AvgIpc) is 2.90. The van der Waals surface area contributed by atoms with E-state index in [0.29, 0.717) is 16.5 Å². The molecule has 6 nitrogen and oxygen atoms in total. The fourth-order valence-electron chi connectivity index (χ4n) is 3.28. The maximum atomic E-state index is 11.9. The number of carbonyl (C=O) groups is 2. The fraction of sp³-hybridized carbons (Fsp3) is 0.529. The van der Waals surface area contributed by atoms with Crippen molar-refractivity contribution in [2.45, 2.75) is 32.4 Å². The molecule has 134 valence electrons. The van der Waals surface area contributed by atoms with Crippen molar-refractivity contribution < 1.29 is 18.9 Å². The molecule has 2 saturated heterocycles. The van der Waals surface area contributed by atoms with Crippen LogP contribution in [0.4, 0.5) is 0 Å². The summed E-state index contributed by atoms with van der Waals surface area (Å²) in [6.45, 7) is 4.22. The predicted molar refractivity (Wildman–Crippen MR) is 95.6 cm³/mol. The Morgan fingerprint density at radius 1 is 1.24 bits per heavy atom. The first kappa shape index (κ1) is 18.2. The summed E-state index contributed by atoms with van der Waals surface area (Å²) >= 11 is 6.39. The molecule has 1 aromatic rings. The van der Waals surface area contributed by atoms with Crippen molar-refractivity contribution in [3.8, 4) is 0 Å². The highest BCUT2D eigenvalue weighted by atomic mass is 35.5. The standard InChI is InChI=1S/C17H22BClN2O4/c1-12-4-3-7-21(12)9-13-5-6-14(15(19)8-13)18-24-16(22)10-20(2)11-17(23)25-18/h5-6,8,12H,3-4,7,9-11H2,1-2H3. The van der Waals surface area contributed by atoms with Gasteiger partial charge in [0, 0.05) is 23.1 Å². The highest BCUT2D eigenvalue weighted by Crippen LogP contribution is 2.21. The van der Waals surface area contributed by atoms with E-state index in [2.05, 4.69) is 11.8 Å². The van der Waals surface area contributed by atoms with Crippen LogP contribution in [0.5, 0.6) is 0 Å². The second-order valence-corrected chi connectivity index (χ2v) is 7.21. The van der Waals surface area contributed by atoms with Crippen molar-refractivity contribution in [3.63, 3.8) is 0 Å². The summed E-state index contributed by atoms with van der Waals surface area (Å²) in [5, 5.41) is 0.434. The zero-order valence-corrected chi connectivity index (χ0v) is 15.3. The van der Waals surface area contributed by atoms with Crippen molar-refractivity contribution in [3.05, 3.63) is 28.8 Å². The summed E-state index contributed by atoms with van der Waals surface area (Å²) in [5.74, 6) is -0.905. The molecule has 2 aliphatic rings. The molecular formula is C17H22BClN2O4. The van der Waals surface area contributed by atoms with Crippen molar-refractivity contribution in [1.29, 1.82) is 0 Å². The number of halogens is 1. The van der Waals surface area contributed by atoms with Gasteiger partial charge in [-0.2, -0.15) is 0 Å². The molecule has 2 heterocycles. The maximum Gasteiger partial charge on any atom is 0.638 e. The van der Waals surface area contributed by atoms with Crippen LogP contribution in [0.3, 0.4) is 0 Å². The second-order valence-electron chi connectivity index (χ2n) is 6.80. The highest BCUT2D eigenvalue weighted by Gasteiger charge is 2.35. The van der Waals surface area contributed by atoms with Crippen LogP contribution in [0.1, 0.15) is 25.3 Å². The normalized spacial score (nSPS) is 23.2. The molecule has 2 aliphatic heterocycles. The van der Waals surface area contributed by atoms with E-state index in [1.807, 2.05) is 12.1 Å².